The number of para-hydroxylation sites is 1. The maximum Gasteiger partial charge on any atom is 0.343 e. The first-order valence-electron chi connectivity index (χ1n) is 8.76. The number of esters is 1. The fourth-order valence-corrected chi connectivity index (χ4v) is 2.82. The summed E-state index contributed by atoms with van der Waals surface area (Å²) in [6, 6.07) is 30.5. The van der Waals surface area contributed by atoms with Crippen LogP contribution in [0, 0.1) is 0 Å². The quantitative estimate of drug-likeness (QED) is 0.344. The minimum Gasteiger partial charge on any atom is -0.489 e. The number of carbonyl (C=O) groups is 1. The van der Waals surface area contributed by atoms with E-state index in [4.69, 9.17) is 9.47 Å². The predicted molar refractivity (Wildman–Crippen MR) is 106 cm³/mol. The number of ether oxygens (including phenoxy) is 2. The molecule has 0 N–H and O–H groups in total. The van der Waals surface area contributed by atoms with Gasteiger partial charge in [0, 0.05) is 0 Å². The van der Waals surface area contributed by atoms with E-state index in [1.807, 2.05) is 84.9 Å². The molecular weight excluding hydrogens is 336 g/mol. The maximum atomic E-state index is 12.4. The van der Waals surface area contributed by atoms with Crippen LogP contribution in [0.5, 0.6) is 11.5 Å². The molecule has 0 aromatic heterocycles. The first-order valence-corrected chi connectivity index (χ1v) is 8.76. The molecule has 4 aromatic rings. The van der Waals surface area contributed by atoms with E-state index in [2.05, 4.69) is 0 Å². The molecule has 0 aliphatic carbocycles. The van der Waals surface area contributed by atoms with Crippen molar-refractivity contribution in [2.45, 2.75) is 6.61 Å². The van der Waals surface area contributed by atoms with Gasteiger partial charge in [-0.2, -0.15) is 0 Å². The maximum absolute atomic E-state index is 12.4. The number of hydrogen-bond acceptors (Lipinski definition) is 3. The summed E-state index contributed by atoms with van der Waals surface area (Å²) in [6.07, 6.45) is 0. The van der Waals surface area contributed by atoms with E-state index in [9.17, 15) is 4.79 Å². The van der Waals surface area contributed by atoms with E-state index in [1.54, 1.807) is 12.1 Å². The van der Waals surface area contributed by atoms with Gasteiger partial charge >= 0.3 is 5.97 Å². The van der Waals surface area contributed by atoms with Crippen molar-refractivity contribution >= 4 is 16.7 Å². The Kier molecular flexibility index (Phi) is 4.84. The smallest absolute Gasteiger partial charge is 0.343 e. The standard InChI is InChI=1S/C24H18O3/c25-24(27-23-15-14-19-6-4-5-7-21(19)16-23)20-12-10-18(11-13-20)17-26-22-8-2-1-3-9-22/h1-16H,17H2. The van der Waals surface area contributed by atoms with Gasteiger partial charge in [-0.1, -0.05) is 60.7 Å². The Morgan fingerprint density at radius 3 is 2.15 bits per heavy atom. The zero-order valence-electron chi connectivity index (χ0n) is 14.7. The number of rotatable bonds is 5. The van der Waals surface area contributed by atoms with E-state index >= 15 is 0 Å². The Hall–Kier alpha value is -3.59. The topological polar surface area (TPSA) is 35.5 Å². The Morgan fingerprint density at radius 2 is 1.37 bits per heavy atom. The first kappa shape index (κ1) is 16.9. The van der Waals surface area contributed by atoms with E-state index in [0.29, 0.717) is 17.9 Å². The summed E-state index contributed by atoms with van der Waals surface area (Å²) < 4.78 is 11.2. The lowest BCUT2D eigenvalue weighted by Gasteiger charge is -2.08. The first-order chi connectivity index (χ1) is 13.3. The molecule has 3 nitrogen and oxygen atoms in total. The molecule has 0 aliphatic rings. The third-order valence-corrected chi connectivity index (χ3v) is 4.27. The molecule has 0 aliphatic heterocycles. The van der Waals surface area contributed by atoms with Gasteiger partial charge in [0.2, 0.25) is 0 Å². The molecule has 3 heteroatoms. The second kappa shape index (κ2) is 7.75. The van der Waals surface area contributed by atoms with Gasteiger partial charge in [-0.3, -0.25) is 0 Å². The van der Waals surface area contributed by atoms with Crippen molar-refractivity contribution < 1.29 is 14.3 Å². The molecule has 4 aromatic carbocycles. The van der Waals surface area contributed by atoms with Crippen LogP contribution in [-0.2, 0) is 6.61 Å². The average Bonchev–Trinajstić information content (AvgIpc) is 2.73. The number of fused-ring (bicyclic) bond motifs is 1. The number of benzene rings is 4. The van der Waals surface area contributed by atoms with Crippen molar-refractivity contribution in [2.24, 2.45) is 0 Å². The zero-order chi connectivity index (χ0) is 18.5. The molecule has 0 bridgehead atoms. The Bertz CT molecular complexity index is 1050. The predicted octanol–water partition coefficient (Wildman–Crippen LogP) is 5.64. The minimum absolute atomic E-state index is 0.374. The second-order valence-corrected chi connectivity index (χ2v) is 6.20. The fraction of sp³-hybridized carbons (Fsp3) is 0.0417. The van der Waals surface area contributed by atoms with Gasteiger partial charge in [0.25, 0.3) is 0 Å². The second-order valence-electron chi connectivity index (χ2n) is 6.20. The van der Waals surface area contributed by atoms with Gasteiger partial charge in [-0.15, -0.1) is 0 Å². The lowest BCUT2D eigenvalue weighted by atomic mass is 10.1. The fourth-order valence-electron chi connectivity index (χ4n) is 2.82. The minimum atomic E-state index is -0.374. The molecule has 4 rings (SSSR count). The van der Waals surface area contributed by atoms with Crippen molar-refractivity contribution in [1.29, 1.82) is 0 Å². The Balaban J connectivity index is 1.41. The van der Waals surface area contributed by atoms with E-state index < -0.39 is 0 Å². The Labute approximate surface area is 157 Å². The van der Waals surface area contributed by atoms with Crippen LogP contribution in [-0.4, -0.2) is 5.97 Å². The summed E-state index contributed by atoms with van der Waals surface area (Å²) in [5, 5.41) is 2.15. The van der Waals surface area contributed by atoms with Crippen LogP contribution in [0.15, 0.2) is 97.1 Å². The van der Waals surface area contributed by atoms with Crippen molar-refractivity contribution in [1.82, 2.24) is 0 Å². The summed E-state index contributed by atoms with van der Waals surface area (Å²) in [4.78, 5) is 12.4. The van der Waals surface area contributed by atoms with Crippen molar-refractivity contribution in [3.63, 3.8) is 0 Å². The van der Waals surface area contributed by atoms with Crippen molar-refractivity contribution in [3.05, 3.63) is 108 Å². The highest BCUT2D eigenvalue weighted by atomic mass is 16.5. The molecular formula is C24H18O3. The van der Waals surface area contributed by atoms with Crippen LogP contribution in [0.25, 0.3) is 10.8 Å². The monoisotopic (exact) mass is 354 g/mol. The van der Waals surface area contributed by atoms with Crippen LogP contribution < -0.4 is 9.47 Å². The van der Waals surface area contributed by atoms with E-state index in [-0.39, 0.29) is 5.97 Å². The Morgan fingerprint density at radius 1 is 0.667 bits per heavy atom. The van der Waals surface area contributed by atoms with Crippen LogP contribution in [0.2, 0.25) is 0 Å². The normalized spacial score (nSPS) is 10.5. The molecule has 0 amide bonds. The molecule has 0 saturated carbocycles. The van der Waals surface area contributed by atoms with E-state index in [1.165, 1.54) is 0 Å². The lowest BCUT2D eigenvalue weighted by molar-refractivity contribution is 0.0735. The molecule has 0 saturated heterocycles. The molecule has 0 heterocycles. The highest BCUT2D eigenvalue weighted by Crippen LogP contribution is 2.21. The van der Waals surface area contributed by atoms with Gasteiger partial charge in [0.1, 0.15) is 18.1 Å². The van der Waals surface area contributed by atoms with Gasteiger partial charge in [0.05, 0.1) is 5.56 Å². The van der Waals surface area contributed by atoms with Gasteiger partial charge in [-0.05, 0) is 52.7 Å². The molecule has 0 fully saturated rings. The lowest BCUT2D eigenvalue weighted by Crippen LogP contribution is -2.08. The summed E-state index contributed by atoms with van der Waals surface area (Å²) >= 11 is 0. The molecule has 0 spiro atoms. The molecule has 132 valence electrons. The summed E-state index contributed by atoms with van der Waals surface area (Å²) in [5.41, 5.74) is 1.49. The van der Waals surface area contributed by atoms with Crippen LogP contribution in [0.3, 0.4) is 0 Å². The summed E-state index contributed by atoms with van der Waals surface area (Å²) in [5.74, 6) is 0.980. The van der Waals surface area contributed by atoms with Gasteiger partial charge in [-0.25, -0.2) is 4.79 Å². The molecule has 0 unspecified atom stereocenters. The molecule has 27 heavy (non-hydrogen) atoms. The SMILES string of the molecule is O=C(Oc1ccc2ccccc2c1)c1ccc(COc2ccccc2)cc1. The van der Waals surface area contributed by atoms with Crippen LogP contribution >= 0.6 is 0 Å². The summed E-state index contributed by atoms with van der Waals surface area (Å²) in [6.45, 7) is 0.448. The van der Waals surface area contributed by atoms with Crippen molar-refractivity contribution in [3.8, 4) is 11.5 Å². The average molecular weight is 354 g/mol. The van der Waals surface area contributed by atoms with Gasteiger partial charge < -0.3 is 9.47 Å². The third-order valence-electron chi connectivity index (χ3n) is 4.27. The van der Waals surface area contributed by atoms with Crippen LogP contribution in [0.1, 0.15) is 15.9 Å². The van der Waals surface area contributed by atoms with Gasteiger partial charge in [0.15, 0.2) is 0 Å². The highest BCUT2D eigenvalue weighted by molar-refractivity contribution is 5.92. The molecule has 0 radical (unpaired) electrons. The van der Waals surface area contributed by atoms with E-state index in [0.717, 1.165) is 22.1 Å². The zero-order valence-corrected chi connectivity index (χ0v) is 14.7. The van der Waals surface area contributed by atoms with Crippen LogP contribution in [0.4, 0.5) is 0 Å². The largest absolute Gasteiger partial charge is 0.489 e. The molecule has 0 atom stereocenters. The number of carbonyl (C=O) groups excluding carboxylic acids is 1. The third kappa shape index (κ3) is 4.15. The number of hydrogen-bond donors (Lipinski definition) is 0. The highest BCUT2D eigenvalue weighted by Gasteiger charge is 2.09. The van der Waals surface area contributed by atoms with Crippen molar-refractivity contribution in [2.75, 3.05) is 0 Å². The summed E-state index contributed by atoms with van der Waals surface area (Å²) in [7, 11) is 0.